The van der Waals surface area contributed by atoms with E-state index in [1.807, 2.05) is 0 Å². The highest BCUT2D eigenvalue weighted by molar-refractivity contribution is 5.87. The van der Waals surface area contributed by atoms with Crippen LogP contribution in [0.25, 0.3) is 0 Å². The minimum absolute atomic E-state index is 0.0400. The van der Waals surface area contributed by atoms with Crippen molar-refractivity contribution in [1.29, 1.82) is 0 Å². The normalized spacial score (nSPS) is 29.9. The first kappa shape index (κ1) is 11.4. The van der Waals surface area contributed by atoms with Gasteiger partial charge in [-0.2, -0.15) is 0 Å². The summed E-state index contributed by atoms with van der Waals surface area (Å²) in [6.45, 7) is 4.14. The molecule has 0 radical (unpaired) electrons. The number of fused-ring (bicyclic) bond motifs is 1. The van der Waals surface area contributed by atoms with Gasteiger partial charge in [0.15, 0.2) is 0 Å². The second-order valence-electron chi connectivity index (χ2n) is 5.12. The molecule has 90 valence electrons. The Morgan fingerprint density at radius 3 is 2.88 bits per heavy atom. The van der Waals surface area contributed by atoms with Gasteiger partial charge in [0, 0.05) is 13.1 Å². The molecular formula is C11H18N2O3. The van der Waals surface area contributed by atoms with Gasteiger partial charge in [-0.1, -0.05) is 0 Å². The molecule has 16 heavy (non-hydrogen) atoms. The predicted molar refractivity (Wildman–Crippen MR) is 57.5 cm³/mol. The van der Waals surface area contributed by atoms with E-state index in [4.69, 9.17) is 0 Å². The number of rotatable bonds is 1. The number of aliphatic hydroxyl groups is 1. The molecule has 2 amide bonds. The molecule has 5 heteroatoms. The van der Waals surface area contributed by atoms with E-state index in [0.29, 0.717) is 13.1 Å². The largest absolute Gasteiger partial charge is 0.381 e. The third kappa shape index (κ3) is 1.80. The molecule has 2 fully saturated rings. The van der Waals surface area contributed by atoms with Gasteiger partial charge in [-0.05, 0) is 26.7 Å². The standard InChI is InChI=1S/C11H18N2O3/c1-11(2,16)10(15)13-5-3-4-7-8(13)6-12-9(7)14/h7-8,16H,3-6H2,1-2H3,(H,12,14). The zero-order valence-electron chi connectivity index (χ0n) is 9.69. The molecule has 2 rings (SSSR count). The van der Waals surface area contributed by atoms with E-state index in [2.05, 4.69) is 5.32 Å². The summed E-state index contributed by atoms with van der Waals surface area (Å²) in [5.74, 6) is -0.322. The summed E-state index contributed by atoms with van der Waals surface area (Å²) in [4.78, 5) is 25.2. The summed E-state index contributed by atoms with van der Waals surface area (Å²) >= 11 is 0. The van der Waals surface area contributed by atoms with Crippen LogP contribution in [0.4, 0.5) is 0 Å². The smallest absolute Gasteiger partial charge is 0.254 e. The lowest BCUT2D eigenvalue weighted by molar-refractivity contribution is -0.152. The average Bonchev–Trinajstić information content (AvgIpc) is 2.58. The van der Waals surface area contributed by atoms with E-state index in [0.717, 1.165) is 12.8 Å². The molecular weight excluding hydrogens is 208 g/mol. The Morgan fingerprint density at radius 1 is 1.56 bits per heavy atom. The number of carbonyl (C=O) groups excluding carboxylic acids is 2. The molecule has 2 aliphatic heterocycles. The molecule has 2 unspecified atom stereocenters. The fourth-order valence-electron chi connectivity index (χ4n) is 2.56. The number of hydrogen-bond acceptors (Lipinski definition) is 3. The first-order valence-corrected chi connectivity index (χ1v) is 5.72. The van der Waals surface area contributed by atoms with Crippen LogP contribution < -0.4 is 5.32 Å². The number of nitrogens with one attached hydrogen (secondary N) is 1. The topological polar surface area (TPSA) is 69.6 Å². The molecule has 0 saturated carbocycles. The molecule has 2 saturated heterocycles. The van der Waals surface area contributed by atoms with Crippen molar-refractivity contribution in [1.82, 2.24) is 10.2 Å². The Morgan fingerprint density at radius 2 is 2.25 bits per heavy atom. The lowest BCUT2D eigenvalue weighted by Crippen LogP contribution is -2.54. The lowest BCUT2D eigenvalue weighted by Gasteiger charge is -2.38. The van der Waals surface area contributed by atoms with Crippen LogP contribution in [-0.4, -0.2) is 46.6 Å². The number of likely N-dealkylation sites (tertiary alicyclic amines) is 1. The SMILES string of the molecule is CC(C)(O)C(=O)N1CCCC2C(=O)NCC21. The maximum atomic E-state index is 12.0. The first-order valence-electron chi connectivity index (χ1n) is 5.72. The van der Waals surface area contributed by atoms with Crippen molar-refractivity contribution in [3.05, 3.63) is 0 Å². The molecule has 5 nitrogen and oxygen atoms in total. The van der Waals surface area contributed by atoms with Crippen LogP contribution in [0.3, 0.4) is 0 Å². The summed E-state index contributed by atoms with van der Waals surface area (Å²) in [6.07, 6.45) is 1.67. The Labute approximate surface area is 94.8 Å². The van der Waals surface area contributed by atoms with Crippen LogP contribution in [-0.2, 0) is 9.59 Å². The van der Waals surface area contributed by atoms with Gasteiger partial charge < -0.3 is 15.3 Å². The highest BCUT2D eigenvalue weighted by Crippen LogP contribution is 2.28. The summed E-state index contributed by atoms with van der Waals surface area (Å²) in [7, 11) is 0. The van der Waals surface area contributed by atoms with E-state index in [1.165, 1.54) is 13.8 Å². The fraction of sp³-hybridized carbons (Fsp3) is 0.818. The first-order chi connectivity index (χ1) is 7.41. The summed E-state index contributed by atoms with van der Waals surface area (Å²) in [5, 5.41) is 12.5. The molecule has 2 N–H and O–H groups in total. The highest BCUT2D eigenvalue weighted by Gasteiger charge is 2.45. The van der Waals surface area contributed by atoms with E-state index in [9.17, 15) is 14.7 Å². The molecule has 0 spiro atoms. The van der Waals surface area contributed by atoms with Gasteiger partial charge in [-0.25, -0.2) is 0 Å². The van der Waals surface area contributed by atoms with E-state index < -0.39 is 5.60 Å². The van der Waals surface area contributed by atoms with Crippen molar-refractivity contribution in [3.8, 4) is 0 Å². The van der Waals surface area contributed by atoms with Crippen LogP contribution >= 0.6 is 0 Å². The molecule has 2 aliphatic rings. The van der Waals surface area contributed by atoms with Crippen molar-refractivity contribution in [2.24, 2.45) is 5.92 Å². The molecule has 2 heterocycles. The molecule has 2 atom stereocenters. The Hall–Kier alpha value is -1.10. The number of nitrogens with zero attached hydrogens (tertiary/aromatic N) is 1. The van der Waals surface area contributed by atoms with E-state index >= 15 is 0 Å². The van der Waals surface area contributed by atoms with Gasteiger partial charge in [0.2, 0.25) is 5.91 Å². The van der Waals surface area contributed by atoms with Crippen LogP contribution in [0.2, 0.25) is 0 Å². The van der Waals surface area contributed by atoms with Gasteiger partial charge in [0.05, 0.1) is 12.0 Å². The quantitative estimate of drug-likeness (QED) is 0.633. The number of hydrogen-bond donors (Lipinski definition) is 2. The van der Waals surface area contributed by atoms with Gasteiger partial charge in [-0.3, -0.25) is 9.59 Å². The number of carbonyl (C=O) groups is 2. The number of piperidine rings is 1. The fourth-order valence-corrected chi connectivity index (χ4v) is 2.56. The van der Waals surface area contributed by atoms with Gasteiger partial charge in [0.25, 0.3) is 5.91 Å². The second kappa shape index (κ2) is 3.73. The Bertz CT molecular complexity index is 322. The van der Waals surface area contributed by atoms with Gasteiger partial charge in [0.1, 0.15) is 5.60 Å². The van der Waals surface area contributed by atoms with Crippen LogP contribution in [0.15, 0.2) is 0 Å². The predicted octanol–water partition coefficient (Wildman–Crippen LogP) is -0.506. The highest BCUT2D eigenvalue weighted by atomic mass is 16.3. The van der Waals surface area contributed by atoms with Crippen molar-refractivity contribution in [3.63, 3.8) is 0 Å². The van der Waals surface area contributed by atoms with Crippen molar-refractivity contribution in [2.75, 3.05) is 13.1 Å². The van der Waals surface area contributed by atoms with Gasteiger partial charge in [-0.15, -0.1) is 0 Å². The molecule has 0 aromatic rings. The van der Waals surface area contributed by atoms with Crippen molar-refractivity contribution >= 4 is 11.8 Å². The maximum absolute atomic E-state index is 12.0. The monoisotopic (exact) mass is 226 g/mol. The molecule has 0 bridgehead atoms. The molecule has 0 aromatic heterocycles. The number of amides is 2. The van der Waals surface area contributed by atoms with Crippen LogP contribution in [0.5, 0.6) is 0 Å². The lowest BCUT2D eigenvalue weighted by atomic mass is 9.90. The van der Waals surface area contributed by atoms with Gasteiger partial charge >= 0.3 is 0 Å². The molecule has 0 aromatic carbocycles. The van der Waals surface area contributed by atoms with Crippen molar-refractivity contribution in [2.45, 2.75) is 38.3 Å². The Kier molecular flexibility index (Phi) is 2.66. The van der Waals surface area contributed by atoms with Crippen LogP contribution in [0, 0.1) is 5.92 Å². The Balaban J connectivity index is 2.16. The molecule has 0 aliphatic carbocycles. The van der Waals surface area contributed by atoms with E-state index in [1.54, 1.807) is 4.90 Å². The van der Waals surface area contributed by atoms with E-state index in [-0.39, 0.29) is 23.8 Å². The average molecular weight is 226 g/mol. The summed E-state index contributed by atoms with van der Waals surface area (Å²) in [6, 6.07) is -0.0693. The zero-order chi connectivity index (χ0) is 11.9. The third-order valence-corrected chi connectivity index (χ3v) is 3.39. The van der Waals surface area contributed by atoms with Crippen LogP contribution in [0.1, 0.15) is 26.7 Å². The second-order valence-corrected chi connectivity index (χ2v) is 5.12. The zero-order valence-corrected chi connectivity index (χ0v) is 9.69. The summed E-state index contributed by atoms with van der Waals surface area (Å²) in [5.41, 5.74) is -1.35. The van der Waals surface area contributed by atoms with Crippen molar-refractivity contribution < 1.29 is 14.7 Å². The summed E-state index contributed by atoms with van der Waals surface area (Å²) < 4.78 is 0. The third-order valence-electron chi connectivity index (χ3n) is 3.39. The maximum Gasteiger partial charge on any atom is 0.254 e. The minimum atomic E-state index is -1.35. The minimum Gasteiger partial charge on any atom is -0.381 e.